The van der Waals surface area contributed by atoms with Crippen LogP contribution in [0.25, 0.3) is 0 Å². The standard InChI is InChI=1S/C80H142N4/c1-47-17-25-63(26-18-47)81(77-55(9)37-51(5)38-56(77)10)71-45-72(82(64-27-19-48(2)20-28-64)78-57(11)39-52(6)40-58(78)12)68-35-36-70-74(84(66-31-23-50(4)24-32-66)80-61(15)43-54(8)44-62(80)16)46-73(69-34-33-67(71)75(68)76(69)70)83(65-29-21-49(3)22-30-65)79-59(13)41-53(7)42-60(79)14/h47-80H,17-46H2,1-16H3. The first-order valence-corrected chi connectivity index (χ1v) is 39.3. The van der Waals surface area contributed by atoms with Crippen LogP contribution in [0, 0.1) is 130 Å². The van der Waals surface area contributed by atoms with Crippen LogP contribution in [-0.2, 0) is 0 Å². The fourth-order valence-electron chi connectivity index (χ4n) is 28.0. The molecule has 0 saturated heterocycles. The van der Waals surface area contributed by atoms with E-state index in [4.69, 9.17) is 0 Å². The first-order chi connectivity index (χ1) is 40.2. The topological polar surface area (TPSA) is 13.0 Å². The lowest BCUT2D eigenvalue weighted by Crippen LogP contribution is -2.73. The lowest BCUT2D eigenvalue weighted by molar-refractivity contribution is -0.207. The van der Waals surface area contributed by atoms with Crippen LogP contribution in [0.3, 0.4) is 0 Å². The van der Waals surface area contributed by atoms with E-state index in [0.29, 0.717) is 0 Å². The Balaban J connectivity index is 1.05. The Labute approximate surface area is 523 Å². The van der Waals surface area contributed by atoms with Crippen LogP contribution >= 0.6 is 0 Å². The maximum atomic E-state index is 3.61. The van der Waals surface area contributed by atoms with Crippen molar-refractivity contribution in [2.75, 3.05) is 0 Å². The van der Waals surface area contributed by atoms with Gasteiger partial charge in [-0.05, 0) is 323 Å². The van der Waals surface area contributed by atoms with Crippen LogP contribution in [0.1, 0.15) is 303 Å². The molecule has 0 spiro atoms. The van der Waals surface area contributed by atoms with Crippen LogP contribution in [0.5, 0.6) is 0 Å². The van der Waals surface area contributed by atoms with E-state index in [-0.39, 0.29) is 0 Å². The van der Waals surface area contributed by atoms with Crippen LogP contribution in [0.2, 0.25) is 0 Å². The normalized spacial score (nSPS) is 54.1. The van der Waals surface area contributed by atoms with Crippen molar-refractivity contribution in [1.29, 1.82) is 0 Å². The molecule has 0 bridgehead atoms. The minimum Gasteiger partial charge on any atom is -0.294 e. The molecule has 0 aromatic carbocycles. The highest BCUT2D eigenvalue weighted by Gasteiger charge is 2.66. The first kappa shape index (κ1) is 64.0. The Morgan fingerprint density at radius 2 is 0.345 bits per heavy atom. The zero-order chi connectivity index (χ0) is 59.2. The number of hydrogen-bond donors (Lipinski definition) is 0. The molecule has 12 rings (SSSR count). The van der Waals surface area contributed by atoms with E-state index in [1.54, 1.807) is 25.7 Å². The van der Waals surface area contributed by atoms with Gasteiger partial charge in [0.05, 0.1) is 0 Å². The molecule has 12 fully saturated rings. The van der Waals surface area contributed by atoms with Crippen LogP contribution in [-0.4, -0.2) is 92.1 Å². The summed E-state index contributed by atoms with van der Waals surface area (Å²) in [4.78, 5) is 14.5. The van der Waals surface area contributed by atoms with Gasteiger partial charge in [-0.2, -0.15) is 0 Å². The quantitative estimate of drug-likeness (QED) is 0.193. The summed E-state index contributed by atoms with van der Waals surface area (Å²) in [6, 6.07) is 9.17. The Hall–Kier alpha value is -0.160. The molecular formula is C80H142N4. The second-order valence-electron chi connectivity index (χ2n) is 37.2. The lowest BCUT2D eigenvalue weighted by Gasteiger charge is -2.70. The zero-order valence-electron chi connectivity index (χ0n) is 58.6. The van der Waals surface area contributed by atoms with E-state index in [0.717, 1.165) is 203 Å². The molecule has 84 heavy (non-hydrogen) atoms. The van der Waals surface area contributed by atoms with Crippen molar-refractivity contribution in [3.8, 4) is 0 Å². The molecule has 16 atom stereocenters. The van der Waals surface area contributed by atoms with Crippen molar-refractivity contribution < 1.29 is 0 Å². The average molecular weight is 1160 g/mol. The Morgan fingerprint density at radius 1 is 0.179 bits per heavy atom. The second-order valence-corrected chi connectivity index (χ2v) is 37.2. The highest BCUT2D eigenvalue weighted by Crippen LogP contribution is 2.66. The van der Waals surface area contributed by atoms with Gasteiger partial charge >= 0.3 is 0 Å². The van der Waals surface area contributed by atoms with Gasteiger partial charge in [-0.15, -0.1) is 0 Å². The van der Waals surface area contributed by atoms with E-state index in [2.05, 4.69) is 130 Å². The molecule has 12 saturated carbocycles. The molecule has 4 heteroatoms. The molecule has 0 aromatic heterocycles. The highest BCUT2D eigenvalue weighted by atomic mass is 15.3. The van der Waals surface area contributed by atoms with Crippen LogP contribution < -0.4 is 0 Å². The fourth-order valence-corrected chi connectivity index (χ4v) is 28.0. The summed E-state index contributed by atoms with van der Waals surface area (Å²) in [6.07, 6.45) is 44.4. The lowest BCUT2D eigenvalue weighted by atomic mass is 9.44. The SMILES string of the molecule is CC1CCC(N(C2CC(N(C3CCC(C)CC3)C3C(C)CC(C)CC3C)C3CCC4C5C(CCC2C35)C(N(C2CCC(C)CC2)C2C(C)CC(C)CC2C)CC4N(C2CCC(C)CC2)C2C(C)CC(C)CC2C)C2C(C)CC(C)CC2C)CC1. The van der Waals surface area contributed by atoms with Gasteiger partial charge in [-0.3, -0.25) is 19.6 Å². The zero-order valence-corrected chi connectivity index (χ0v) is 58.6. The van der Waals surface area contributed by atoms with Gasteiger partial charge in [0, 0.05) is 72.5 Å². The minimum atomic E-state index is 0.751. The highest BCUT2D eigenvalue weighted by molar-refractivity contribution is 5.18. The van der Waals surface area contributed by atoms with Gasteiger partial charge < -0.3 is 0 Å². The summed E-state index contributed by atoms with van der Waals surface area (Å²) in [5, 5.41) is 0. The fraction of sp³-hybridized carbons (Fsp3) is 1.00. The van der Waals surface area contributed by atoms with Gasteiger partial charge in [0.2, 0.25) is 0 Å². The minimum absolute atomic E-state index is 0.751. The van der Waals surface area contributed by atoms with Gasteiger partial charge in [0.1, 0.15) is 0 Å². The van der Waals surface area contributed by atoms with E-state index < -0.39 is 0 Å². The van der Waals surface area contributed by atoms with Crippen molar-refractivity contribution in [2.24, 2.45) is 130 Å². The van der Waals surface area contributed by atoms with E-state index in [1.165, 1.54) is 167 Å². The van der Waals surface area contributed by atoms with Crippen LogP contribution in [0.15, 0.2) is 0 Å². The number of rotatable bonds is 12. The van der Waals surface area contributed by atoms with E-state index >= 15 is 0 Å². The Morgan fingerprint density at radius 3 is 0.512 bits per heavy atom. The van der Waals surface area contributed by atoms with Gasteiger partial charge in [0.15, 0.2) is 0 Å². The third kappa shape index (κ3) is 12.6. The summed E-state index contributed by atoms with van der Waals surface area (Å²) in [5.74, 6) is 18.8. The summed E-state index contributed by atoms with van der Waals surface area (Å²) in [5.41, 5.74) is 0. The molecule has 12 aliphatic rings. The maximum absolute atomic E-state index is 3.61. The smallest absolute Gasteiger partial charge is 0.0153 e. The predicted octanol–water partition coefficient (Wildman–Crippen LogP) is 20.4. The number of hydrogen-bond acceptors (Lipinski definition) is 4. The molecule has 0 aliphatic heterocycles. The third-order valence-electron chi connectivity index (χ3n) is 30.4. The molecule has 0 heterocycles. The van der Waals surface area contributed by atoms with Crippen molar-refractivity contribution in [1.82, 2.24) is 19.6 Å². The summed E-state index contributed by atoms with van der Waals surface area (Å²) in [6.45, 7) is 43.5. The van der Waals surface area contributed by atoms with Crippen molar-refractivity contribution >= 4 is 0 Å². The average Bonchev–Trinajstić information content (AvgIpc) is 0.788. The van der Waals surface area contributed by atoms with Crippen molar-refractivity contribution in [3.05, 3.63) is 0 Å². The largest absolute Gasteiger partial charge is 0.294 e. The first-order valence-electron chi connectivity index (χ1n) is 39.3. The van der Waals surface area contributed by atoms with Gasteiger partial charge in [-0.1, -0.05) is 111 Å². The summed E-state index contributed by atoms with van der Waals surface area (Å²) >= 11 is 0. The molecule has 16 unspecified atom stereocenters. The second kappa shape index (κ2) is 26.8. The predicted molar refractivity (Wildman–Crippen MR) is 359 cm³/mol. The molecule has 12 aliphatic carbocycles. The van der Waals surface area contributed by atoms with Gasteiger partial charge in [0.25, 0.3) is 0 Å². The van der Waals surface area contributed by atoms with Gasteiger partial charge in [-0.25, -0.2) is 0 Å². The summed E-state index contributed by atoms with van der Waals surface area (Å²) < 4.78 is 0. The molecule has 0 amide bonds. The molecular weight excluding hydrogens is 1020 g/mol. The third-order valence-corrected chi connectivity index (χ3v) is 30.4. The van der Waals surface area contributed by atoms with E-state index in [1.807, 2.05) is 0 Å². The Kier molecular flexibility index (Phi) is 20.4. The van der Waals surface area contributed by atoms with Crippen molar-refractivity contribution in [2.45, 2.75) is 376 Å². The molecule has 0 N–H and O–H groups in total. The Bertz CT molecular complexity index is 1720. The molecule has 482 valence electrons. The monoisotopic (exact) mass is 1160 g/mol. The summed E-state index contributed by atoms with van der Waals surface area (Å²) in [7, 11) is 0. The van der Waals surface area contributed by atoms with Crippen LogP contribution in [0.4, 0.5) is 0 Å². The molecule has 4 nitrogen and oxygen atoms in total. The molecule has 0 radical (unpaired) electrons. The maximum Gasteiger partial charge on any atom is 0.0153 e. The molecule has 0 aromatic rings. The number of nitrogens with zero attached hydrogens (tertiary/aromatic N) is 4. The van der Waals surface area contributed by atoms with E-state index in [9.17, 15) is 0 Å². The van der Waals surface area contributed by atoms with Crippen molar-refractivity contribution in [3.63, 3.8) is 0 Å².